The summed E-state index contributed by atoms with van der Waals surface area (Å²) < 4.78 is 2.02. The van der Waals surface area contributed by atoms with E-state index in [4.69, 9.17) is 0 Å². The molecule has 0 saturated carbocycles. The van der Waals surface area contributed by atoms with Crippen molar-refractivity contribution in [2.45, 2.75) is 19.8 Å². The summed E-state index contributed by atoms with van der Waals surface area (Å²) in [5.41, 5.74) is 0. The van der Waals surface area contributed by atoms with E-state index in [2.05, 4.69) is 16.9 Å². The summed E-state index contributed by atoms with van der Waals surface area (Å²) in [6.45, 7) is 2.15. The van der Waals surface area contributed by atoms with Crippen LogP contribution in [-0.4, -0.2) is 14.5 Å². The molecule has 3 heteroatoms. The highest BCUT2D eigenvalue weighted by Crippen LogP contribution is 2.05. The summed E-state index contributed by atoms with van der Waals surface area (Å²) in [7, 11) is 0. The molecule has 0 unspecified atom stereocenters. The van der Waals surface area contributed by atoms with Crippen LogP contribution >= 0.6 is 0 Å². The first kappa shape index (κ1) is 8.10. The minimum absolute atomic E-state index is 1.02. The highest BCUT2D eigenvalue weighted by Gasteiger charge is 1.99. The molecule has 0 amide bonds. The van der Waals surface area contributed by atoms with Crippen molar-refractivity contribution in [1.29, 1.82) is 0 Å². The van der Waals surface area contributed by atoms with E-state index in [0.29, 0.717) is 0 Å². The number of hydrogen-bond acceptors (Lipinski definition) is 1. The van der Waals surface area contributed by atoms with Gasteiger partial charge in [0.2, 0.25) is 0 Å². The Labute approximate surface area is 77.4 Å². The summed E-state index contributed by atoms with van der Waals surface area (Å²) in [6.07, 6.45) is 8.01. The van der Waals surface area contributed by atoms with Gasteiger partial charge in [-0.1, -0.05) is 6.92 Å². The average molecular weight is 175 g/mol. The summed E-state index contributed by atoms with van der Waals surface area (Å²) >= 11 is 0. The molecule has 0 aliphatic rings. The molecule has 2 aromatic rings. The van der Waals surface area contributed by atoms with E-state index in [-0.39, 0.29) is 0 Å². The minimum Gasteiger partial charge on any atom is -0.328 e. The van der Waals surface area contributed by atoms with E-state index in [9.17, 15) is 0 Å². The van der Waals surface area contributed by atoms with Crippen LogP contribution in [0.25, 0.3) is 5.82 Å². The number of rotatable bonds is 3. The molecule has 68 valence electrons. The molecule has 0 spiro atoms. The lowest BCUT2D eigenvalue weighted by Gasteiger charge is -1.96. The van der Waals surface area contributed by atoms with Gasteiger partial charge in [0.25, 0.3) is 0 Å². The van der Waals surface area contributed by atoms with Crippen LogP contribution in [0.3, 0.4) is 0 Å². The van der Waals surface area contributed by atoms with Gasteiger partial charge in [0, 0.05) is 18.8 Å². The highest BCUT2D eigenvalue weighted by molar-refractivity contribution is 5.21. The van der Waals surface area contributed by atoms with Crippen LogP contribution in [0.2, 0.25) is 0 Å². The fraction of sp³-hybridized carbons (Fsp3) is 0.300. The van der Waals surface area contributed by atoms with Gasteiger partial charge in [0.1, 0.15) is 11.6 Å². The summed E-state index contributed by atoms with van der Waals surface area (Å²) in [4.78, 5) is 7.55. The third-order valence-electron chi connectivity index (χ3n) is 1.98. The number of imidazole rings is 1. The molecule has 1 N–H and O–H groups in total. The quantitative estimate of drug-likeness (QED) is 0.762. The molecule has 0 aliphatic heterocycles. The number of H-pyrrole nitrogens is 1. The van der Waals surface area contributed by atoms with Crippen molar-refractivity contribution in [3.8, 4) is 5.82 Å². The number of hydrogen-bond donors (Lipinski definition) is 1. The van der Waals surface area contributed by atoms with Crippen molar-refractivity contribution in [1.82, 2.24) is 14.5 Å². The second-order valence-electron chi connectivity index (χ2n) is 3.06. The van der Waals surface area contributed by atoms with E-state index in [0.717, 1.165) is 24.5 Å². The lowest BCUT2D eigenvalue weighted by atomic mass is 10.3. The van der Waals surface area contributed by atoms with Gasteiger partial charge in [0.15, 0.2) is 0 Å². The Morgan fingerprint density at radius 1 is 1.38 bits per heavy atom. The predicted octanol–water partition coefficient (Wildman–Crippen LogP) is 2.15. The van der Waals surface area contributed by atoms with E-state index in [1.54, 1.807) is 0 Å². The third-order valence-corrected chi connectivity index (χ3v) is 1.98. The lowest BCUT2D eigenvalue weighted by Crippen LogP contribution is -1.90. The summed E-state index contributed by atoms with van der Waals surface area (Å²) in [6, 6.07) is 4.00. The average Bonchev–Trinajstić information content (AvgIpc) is 2.70. The third kappa shape index (κ3) is 1.64. The Morgan fingerprint density at radius 2 is 2.15 bits per heavy atom. The smallest absolute Gasteiger partial charge is 0.134 e. The van der Waals surface area contributed by atoms with Crippen LogP contribution in [0.5, 0.6) is 0 Å². The molecule has 2 rings (SSSR count). The Kier molecular flexibility index (Phi) is 2.17. The van der Waals surface area contributed by atoms with Crippen molar-refractivity contribution in [3.05, 3.63) is 36.5 Å². The normalized spacial score (nSPS) is 10.5. The largest absolute Gasteiger partial charge is 0.328 e. The number of nitrogens with one attached hydrogen (secondary N) is 1. The second-order valence-corrected chi connectivity index (χ2v) is 3.06. The molecule has 3 nitrogen and oxygen atoms in total. The zero-order chi connectivity index (χ0) is 9.10. The maximum atomic E-state index is 4.29. The van der Waals surface area contributed by atoms with Crippen molar-refractivity contribution >= 4 is 0 Å². The van der Waals surface area contributed by atoms with Crippen molar-refractivity contribution in [3.63, 3.8) is 0 Å². The van der Waals surface area contributed by atoms with E-state index >= 15 is 0 Å². The van der Waals surface area contributed by atoms with Crippen LogP contribution in [-0.2, 0) is 6.42 Å². The molecule has 0 fully saturated rings. The first-order chi connectivity index (χ1) is 6.40. The van der Waals surface area contributed by atoms with E-state index in [1.165, 1.54) is 0 Å². The molecule has 0 bridgehead atoms. The number of aromatic nitrogens is 3. The molecule has 2 aromatic heterocycles. The summed E-state index contributed by atoms with van der Waals surface area (Å²) in [5, 5.41) is 0. The Balaban J connectivity index is 2.23. The predicted molar refractivity (Wildman–Crippen MR) is 51.9 cm³/mol. The van der Waals surface area contributed by atoms with Gasteiger partial charge in [-0.2, -0.15) is 0 Å². The first-order valence-electron chi connectivity index (χ1n) is 4.57. The number of aryl methyl sites for hydroxylation is 1. The van der Waals surface area contributed by atoms with Gasteiger partial charge < -0.3 is 9.55 Å². The maximum absolute atomic E-state index is 4.29. The molecular weight excluding hydrogens is 162 g/mol. The van der Waals surface area contributed by atoms with Gasteiger partial charge in [-0.3, -0.25) is 0 Å². The molecule has 2 heterocycles. The van der Waals surface area contributed by atoms with Crippen LogP contribution < -0.4 is 0 Å². The molecule has 0 aromatic carbocycles. The maximum Gasteiger partial charge on any atom is 0.134 e. The van der Waals surface area contributed by atoms with Crippen LogP contribution in [0, 0.1) is 0 Å². The number of aromatic amines is 1. The fourth-order valence-electron chi connectivity index (χ4n) is 1.34. The van der Waals surface area contributed by atoms with Crippen molar-refractivity contribution < 1.29 is 0 Å². The van der Waals surface area contributed by atoms with Gasteiger partial charge in [0.05, 0.1) is 6.20 Å². The van der Waals surface area contributed by atoms with Gasteiger partial charge in [-0.05, 0) is 18.6 Å². The Bertz CT molecular complexity index is 359. The second kappa shape index (κ2) is 3.47. The van der Waals surface area contributed by atoms with Crippen LogP contribution in [0.1, 0.15) is 19.2 Å². The van der Waals surface area contributed by atoms with E-state index < -0.39 is 0 Å². The highest BCUT2D eigenvalue weighted by atomic mass is 15.1. The SMILES string of the molecule is CCCc1ncc(-n2cccc2)[nH]1. The van der Waals surface area contributed by atoms with Crippen LogP contribution in [0.4, 0.5) is 0 Å². The zero-order valence-electron chi connectivity index (χ0n) is 7.70. The first-order valence-corrected chi connectivity index (χ1v) is 4.57. The van der Waals surface area contributed by atoms with Crippen molar-refractivity contribution in [2.75, 3.05) is 0 Å². The van der Waals surface area contributed by atoms with Gasteiger partial charge in [-0.25, -0.2) is 4.98 Å². The molecule has 0 atom stereocenters. The van der Waals surface area contributed by atoms with Gasteiger partial charge in [-0.15, -0.1) is 0 Å². The molecular formula is C10H13N3. The lowest BCUT2D eigenvalue weighted by molar-refractivity contribution is 0.851. The molecule has 0 radical (unpaired) electrons. The standard InChI is InChI=1S/C10H13N3/c1-2-5-9-11-8-10(12-9)13-6-3-4-7-13/h3-4,6-8H,2,5H2,1H3,(H,11,12). The monoisotopic (exact) mass is 175 g/mol. The summed E-state index contributed by atoms with van der Waals surface area (Å²) in [5.74, 6) is 2.10. The zero-order valence-corrected chi connectivity index (χ0v) is 7.70. The van der Waals surface area contributed by atoms with Crippen LogP contribution in [0.15, 0.2) is 30.7 Å². The molecule has 13 heavy (non-hydrogen) atoms. The van der Waals surface area contributed by atoms with Crippen molar-refractivity contribution in [2.24, 2.45) is 0 Å². The Morgan fingerprint density at radius 3 is 2.85 bits per heavy atom. The fourth-order valence-corrected chi connectivity index (χ4v) is 1.34. The topological polar surface area (TPSA) is 33.6 Å². The molecule has 0 aliphatic carbocycles. The van der Waals surface area contributed by atoms with Gasteiger partial charge >= 0.3 is 0 Å². The number of nitrogens with zero attached hydrogens (tertiary/aromatic N) is 2. The van der Waals surface area contributed by atoms with E-state index in [1.807, 2.05) is 35.3 Å². The molecule has 0 saturated heterocycles. The minimum atomic E-state index is 1.02. The Hall–Kier alpha value is -1.51.